The van der Waals surface area contributed by atoms with E-state index in [0.717, 1.165) is 25.3 Å². The first-order chi connectivity index (χ1) is 13.1. The third-order valence-corrected chi connectivity index (χ3v) is 4.86. The second kappa shape index (κ2) is 7.35. The third-order valence-electron chi connectivity index (χ3n) is 4.31. The zero-order valence-corrected chi connectivity index (χ0v) is 15.2. The topological polar surface area (TPSA) is 64.9 Å². The molecule has 1 N–H and O–H groups in total. The van der Waals surface area contributed by atoms with Gasteiger partial charge in [0, 0.05) is 18.7 Å². The number of fused-ring (bicyclic) bond motifs is 1. The van der Waals surface area contributed by atoms with E-state index in [-0.39, 0.29) is 17.7 Å². The van der Waals surface area contributed by atoms with Gasteiger partial charge < -0.3 is 10.1 Å². The zero-order chi connectivity index (χ0) is 19.0. The van der Waals surface area contributed by atoms with Gasteiger partial charge in [0.1, 0.15) is 12.0 Å². The van der Waals surface area contributed by atoms with Crippen LogP contribution in [-0.4, -0.2) is 32.4 Å². The summed E-state index contributed by atoms with van der Waals surface area (Å²) >= 11 is 1.30. The van der Waals surface area contributed by atoms with Gasteiger partial charge in [-0.1, -0.05) is 11.8 Å². The molecule has 1 aliphatic rings. The number of halogens is 3. The minimum absolute atomic E-state index is 0.179. The first-order valence-electron chi connectivity index (χ1n) is 8.38. The normalized spacial score (nSPS) is 17.4. The van der Waals surface area contributed by atoms with E-state index >= 15 is 0 Å². The maximum Gasteiger partial charge on any atom is 0.191 e. The average Bonchev–Trinajstić information content (AvgIpc) is 3.11. The molecule has 0 amide bonds. The zero-order valence-electron chi connectivity index (χ0n) is 14.4. The van der Waals surface area contributed by atoms with Gasteiger partial charge in [0.2, 0.25) is 0 Å². The highest BCUT2D eigenvalue weighted by Gasteiger charge is 2.22. The summed E-state index contributed by atoms with van der Waals surface area (Å²) in [6.45, 7) is 0.663. The Morgan fingerprint density at radius 1 is 1.15 bits per heavy atom. The molecule has 0 saturated carbocycles. The fraction of sp³-hybridized carbons (Fsp3) is 0.353. The summed E-state index contributed by atoms with van der Waals surface area (Å²) in [5, 5.41) is 3.15. The molecule has 1 unspecified atom stereocenters. The molecular weight excluding hydrogens is 379 g/mol. The Kier molecular flexibility index (Phi) is 4.92. The van der Waals surface area contributed by atoms with Crippen molar-refractivity contribution in [3.05, 3.63) is 35.9 Å². The summed E-state index contributed by atoms with van der Waals surface area (Å²) in [5.41, 5.74) is 0.697. The van der Waals surface area contributed by atoms with Gasteiger partial charge in [-0.2, -0.15) is 0 Å². The maximum absolute atomic E-state index is 14.0. The van der Waals surface area contributed by atoms with Crippen molar-refractivity contribution in [2.24, 2.45) is 0 Å². The second-order valence-corrected chi connectivity index (χ2v) is 6.85. The summed E-state index contributed by atoms with van der Waals surface area (Å²) in [6.07, 6.45) is 6.12. The predicted octanol–water partition coefficient (Wildman–Crippen LogP) is 4.41. The molecule has 1 fully saturated rings. The van der Waals surface area contributed by atoms with Crippen LogP contribution in [0.3, 0.4) is 0 Å². The SMILES string of the molecule is CSc1nc(Nc2cc(F)c(F)cc2F)c2ncn(C3CCCCO3)c2n1. The van der Waals surface area contributed by atoms with E-state index in [1.165, 1.54) is 11.8 Å². The number of imidazole rings is 1. The van der Waals surface area contributed by atoms with Crippen molar-refractivity contribution >= 4 is 34.4 Å². The number of rotatable bonds is 4. The Labute approximate surface area is 157 Å². The standard InChI is InChI=1S/C17H16F3N5OS/c1-27-17-23-15(22-12-7-10(19)9(18)6-11(12)20)14-16(24-17)25(8-21-14)13-4-2-3-5-26-13/h6-8,13H,2-5H2,1H3,(H,22,23,24). The van der Waals surface area contributed by atoms with Gasteiger partial charge in [0.15, 0.2) is 33.8 Å². The number of anilines is 2. The molecule has 3 aromatic rings. The smallest absolute Gasteiger partial charge is 0.191 e. The monoisotopic (exact) mass is 395 g/mol. The highest BCUT2D eigenvalue weighted by Crippen LogP contribution is 2.31. The lowest BCUT2D eigenvalue weighted by Crippen LogP contribution is -2.17. The minimum atomic E-state index is -1.26. The third kappa shape index (κ3) is 3.46. The highest BCUT2D eigenvalue weighted by atomic mass is 32.2. The first kappa shape index (κ1) is 18.1. The number of nitrogens with zero attached hydrogens (tertiary/aromatic N) is 4. The number of hydrogen-bond acceptors (Lipinski definition) is 6. The van der Waals surface area contributed by atoms with Gasteiger partial charge in [-0.05, 0) is 25.5 Å². The van der Waals surface area contributed by atoms with Crippen LogP contribution in [0.4, 0.5) is 24.7 Å². The second-order valence-electron chi connectivity index (χ2n) is 6.08. The highest BCUT2D eigenvalue weighted by molar-refractivity contribution is 7.98. The van der Waals surface area contributed by atoms with E-state index in [0.29, 0.717) is 29.0 Å². The van der Waals surface area contributed by atoms with Crippen molar-refractivity contribution in [1.82, 2.24) is 19.5 Å². The molecule has 27 heavy (non-hydrogen) atoms. The Morgan fingerprint density at radius 3 is 2.70 bits per heavy atom. The molecular formula is C17H16F3N5OS. The molecule has 0 radical (unpaired) electrons. The molecule has 0 spiro atoms. The van der Waals surface area contributed by atoms with Crippen LogP contribution in [0.5, 0.6) is 0 Å². The number of aromatic nitrogens is 4. The molecule has 142 valence electrons. The Balaban J connectivity index is 1.78. The van der Waals surface area contributed by atoms with Crippen LogP contribution in [0, 0.1) is 17.5 Å². The van der Waals surface area contributed by atoms with E-state index < -0.39 is 17.5 Å². The largest absolute Gasteiger partial charge is 0.358 e. The number of nitrogens with one attached hydrogen (secondary N) is 1. The fourth-order valence-electron chi connectivity index (χ4n) is 2.97. The van der Waals surface area contributed by atoms with Gasteiger partial charge >= 0.3 is 0 Å². The molecule has 3 heterocycles. The van der Waals surface area contributed by atoms with Crippen LogP contribution in [0.25, 0.3) is 11.2 Å². The Hall–Kier alpha value is -2.33. The molecule has 10 heteroatoms. The molecule has 2 aromatic heterocycles. The average molecular weight is 395 g/mol. The molecule has 4 rings (SSSR count). The van der Waals surface area contributed by atoms with E-state index in [1.54, 1.807) is 12.6 Å². The summed E-state index contributed by atoms with van der Waals surface area (Å²) in [4.78, 5) is 13.1. The number of thioether (sulfide) groups is 1. The molecule has 1 atom stereocenters. The Bertz CT molecular complexity index is 990. The van der Waals surface area contributed by atoms with Crippen LogP contribution < -0.4 is 5.32 Å². The predicted molar refractivity (Wildman–Crippen MR) is 95.5 cm³/mol. The Morgan fingerprint density at radius 2 is 1.96 bits per heavy atom. The minimum Gasteiger partial charge on any atom is -0.358 e. The summed E-state index contributed by atoms with van der Waals surface area (Å²) in [6, 6.07) is 1.23. The summed E-state index contributed by atoms with van der Waals surface area (Å²) < 4.78 is 48.3. The van der Waals surface area contributed by atoms with Crippen molar-refractivity contribution in [2.45, 2.75) is 30.6 Å². The lowest BCUT2D eigenvalue weighted by Gasteiger charge is -2.23. The van der Waals surface area contributed by atoms with Gasteiger partial charge in [-0.3, -0.25) is 4.57 Å². The lowest BCUT2D eigenvalue weighted by atomic mass is 10.2. The molecule has 0 aliphatic carbocycles. The van der Waals surface area contributed by atoms with Gasteiger partial charge in [0.05, 0.1) is 12.0 Å². The van der Waals surface area contributed by atoms with E-state index in [9.17, 15) is 13.2 Å². The molecule has 1 aliphatic heterocycles. The van der Waals surface area contributed by atoms with Crippen molar-refractivity contribution in [3.63, 3.8) is 0 Å². The quantitative estimate of drug-likeness (QED) is 0.401. The van der Waals surface area contributed by atoms with Crippen LogP contribution in [-0.2, 0) is 4.74 Å². The summed E-state index contributed by atoms with van der Waals surface area (Å²) in [5.74, 6) is -3.13. The molecule has 0 bridgehead atoms. The molecule has 1 aromatic carbocycles. The lowest BCUT2D eigenvalue weighted by molar-refractivity contribution is -0.0298. The fourth-order valence-corrected chi connectivity index (χ4v) is 3.34. The van der Waals surface area contributed by atoms with E-state index in [4.69, 9.17) is 4.74 Å². The van der Waals surface area contributed by atoms with Crippen molar-refractivity contribution in [3.8, 4) is 0 Å². The van der Waals surface area contributed by atoms with Crippen LogP contribution in [0.2, 0.25) is 0 Å². The van der Waals surface area contributed by atoms with Crippen molar-refractivity contribution < 1.29 is 17.9 Å². The van der Waals surface area contributed by atoms with Crippen molar-refractivity contribution in [2.75, 3.05) is 18.2 Å². The van der Waals surface area contributed by atoms with E-state index in [2.05, 4.69) is 20.3 Å². The molecule has 6 nitrogen and oxygen atoms in total. The van der Waals surface area contributed by atoms with Crippen LogP contribution >= 0.6 is 11.8 Å². The van der Waals surface area contributed by atoms with Gasteiger partial charge in [-0.15, -0.1) is 0 Å². The first-order valence-corrected chi connectivity index (χ1v) is 9.61. The number of ether oxygens (including phenoxy) is 1. The van der Waals surface area contributed by atoms with Crippen LogP contribution in [0.15, 0.2) is 23.6 Å². The number of benzene rings is 1. The van der Waals surface area contributed by atoms with Gasteiger partial charge in [0.25, 0.3) is 0 Å². The van der Waals surface area contributed by atoms with Gasteiger partial charge in [-0.25, -0.2) is 28.1 Å². The number of hydrogen-bond donors (Lipinski definition) is 1. The van der Waals surface area contributed by atoms with E-state index in [1.807, 2.05) is 4.57 Å². The van der Waals surface area contributed by atoms with Crippen LogP contribution in [0.1, 0.15) is 25.5 Å². The summed E-state index contributed by atoms with van der Waals surface area (Å²) in [7, 11) is 0. The van der Waals surface area contributed by atoms with Crippen molar-refractivity contribution in [1.29, 1.82) is 0 Å². The maximum atomic E-state index is 14.0. The molecule has 1 saturated heterocycles.